The number of aromatic nitrogens is 2. The van der Waals surface area contributed by atoms with Gasteiger partial charge in [-0.25, -0.2) is 8.42 Å². The van der Waals surface area contributed by atoms with Crippen LogP contribution in [0.15, 0.2) is 76.8 Å². The number of nitrogens with zero attached hydrogens (tertiary/aromatic N) is 5. The summed E-state index contributed by atoms with van der Waals surface area (Å²) in [7, 11) is -1.88. The highest BCUT2D eigenvalue weighted by Gasteiger charge is 2.48. The van der Waals surface area contributed by atoms with Gasteiger partial charge in [0.05, 0.1) is 16.4 Å². The number of likely N-dealkylation sites (tertiary alicyclic amines) is 1. The smallest absolute Gasteiger partial charge is 0.225 e. The first-order valence-electron chi connectivity index (χ1n) is 14.7. The quantitative estimate of drug-likeness (QED) is 0.385. The van der Waals surface area contributed by atoms with Crippen molar-refractivity contribution >= 4 is 15.5 Å². The molecule has 1 atom stereocenters. The predicted octanol–water partition coefficient (Wildman–Crippen LogP) is 5.05. The Balaban J connectivity index is 1.04. The van der Waals surface area contributed by atoms with Crippen molar-refractivity contribution in [2.24, 2.45) is 24.8 Å². The number of nitriles is 1. The summed E-state index contributed by atoms with van der Waals surface area (Å²) in [5, 5.41) is 14.8. The van der Waals surface area contributed by atoms with Crippen LogP contribution in [0.5, 0.6) is 0 Å². The molecule has 40 heavy (non-hydrogen) atoms. The summed E-state index contributed by atoms with van der Waals surface area (Å²) >= 11 is 0. The Kier molecular flexibility index (Phi) is 7.45. The zero-order chi connectivity index (χ0) is 27.7. The van der Waals surface area contributed by atoms with Crippen molar-refractivity contribution < 1.29 is 8.42 Å². The number of rotatable bonds is 8. The minimum Gasteiger partial charge on any atom is -0.371 e. The molecule has 0 N–H and O–H groups in total. The van der Waals surface area contributed by atoms with Gasteiger partial charge in [0.2, 0.25) is 9.84 Å². The number of aryl methyl sites for hydroxylation is 1. The molecule has 2 aliphatic heterocycles. The maximum atomic E-state index is 12.8. The molecule has 0 amide bonds. The Morgan fingerprint density at radius 1 is 0.925 bits per heavy atom. The summed E-state index contributed by atoms with van der Waals surface area (Å²) < 4.78 is 27.2. The fourth-order valence-corrected chi connectivity index (χ4v) is 8.69. The average Bonchev–Trinajstić information content (AvgIpc) is 3.66. The van der Waals surface area contributed by atoms with E-state index in [1.54, 1.807) is 25.4 Å². The molecule has 7 nitrogen and oxygen atoms in total. The van der Waals surface area contributed by atoms with Crippen molar-refractivity contribution in [1.29, 1.82) is 5.26 Å². The molecule has 3 fully saturated rings. The topological polar surface area (TPSA) is 82.2 Å². The lowest BCUT2D eigenvalue weighted by atomic mass is 9.60. The lowest BCUT2D eigenvalue weighted by Gasteiger charge is -2.47. The lowest BCUT2D eigenvalue weighted by molar-refractivity contribution is 0.103. The molecular formula is C32H39N5O2S. The third-order valence-electron chi connectivity index (χ3n) is 9.62. The van der Waals surface area contributed by atoms with Crippen molar-refractivity contribution in [3.05, 3.63) is 72.4 Å². The molecule has 2 aromatic carbocycles. The van der Waals surface area contributed by atoms with E-state index in [2.05, 4.69) is 51.3 Å². The highest BCUT2D eigenvalue weighted by Crippen LogP contribution is 2.50. The predicted molar refractivity (Wildman–Crippen MR) is 156 cm³/mol. The van der Waals surface area contributed by atoms with Crippen molar-refractivity contribution in [1.82, 2.24) is 14.7 Å². The highest BCUT2D eigenvalue weighted by atomic mass is 32.2. The van der Waals surface area contributed by atoms with Gasteiger partial charge >= 0.3 is 0 Å². The molecule has 210 valence electrons. The molecule has 3 aromatic rings. The molecule has 8 heteroatoms. The van der Waals surface area contributed by atoms with E-state index in [4.69, 9.17) is 0 Å². The standard InChI is InChI=1S/C32H39N5O2S/c1-35-18-17-31(34-35)40(38,39)30-13-11-29(12-14-30)37-22-25(23-37)21-36-19-15-28(16-20-36)32(24-33,27-9-5-6-10-27)26-7-3-2-4-8-26/h2-4,7-8,11-14,17-18,25,27-28H,5-6,9-10,15-16,19-23H2,1H3. The van der Waals surface area contributed by atoms with Gasteiger partial charge in [0.1, 0.15) is 0 Å². The Labute approximate surface area is 238 Å². The van der Waals surface area contributed by atoms with Crippen LogP contribution in [0.2, 0.25) is 0 Å². The van der Waals surface area contributed by atoms with Gasteiger partial charge in [0.25, 0.3) is 0 Å². The molecule has 1 aliphatic carbocycles. The zero-order valence-electron chi connectivity index (χ0n) is 23.3. The van der Waals surface area contributed by atoms with Gasteiger partial charge in [-0.3, -0.25) is 4.68 Å². The molecule has 3 aliphatic rings. The molecule has 0 bridgehead atoms. The zero-order valence-corrected chi connectivity index (χ0v) is 24.1. The maximum absolute atomic E-state index is 12.8. The van der Waals surface area contributed by atoms with Gasteiger partial charge in [-0.2, -0.15) is 10.4 Å². The third kappa shape index (κ3) is 4.95. The molecule has 3 heterocycles. The minimum atomic E-state index is -3.60. The summed E-state index contributed by atoms with van der Waals surface area (Å²) in [5.74, 6) is 1.50. The Hall–Kier alpha value is -3.15. The molecule has 0 spiro atoms. The van der Waals surface area contributed by atoms with Crippen LogP contribution in [0.25, 0.3) is 0 Å². The second-order valence-electron chi connectivity index (χ2n) is 12.0. The molecule has 0 radical (unpaired) electrons. The van der Waals surface area contributed by atoms with E-state index in [9.17, 15) is 13.7 Å². The van der Waals surface area contributed by atoms with Crippen LogP contribution in [0.1, 0.15) is 44.1 Å². The number of sulfone groups is 1. The Morgan fingerprint density at radius 2 is 1.57 bits per heavy atom. The third-order valence-corrected chi connectivity index (χ3v) is 11.3. The number of piperidine rings is 1. The van der Waals surface area contributed by atoms with Gasteiger partial charge in [0.15, 0.2) is 5.03 Å². The van der Waals surface area contributed by atoms with E-state index >= 15 is 0 Å². The summed E-state index contributed by atoms with van der Waals surface area (Å²) in [6, 6.07) is 22.3. The number of benzene rings is 2. The van der Waals surface area contributed by atoms with Crippen LogP contribution in [-0.4, -0.2) is 55.8 Å². The van der Waals surface area contributed by atoms with Crippen LogP contribution in [-0.2, 0) is 22.3 Å². The largest absolute Gasteiger partial charge is 0.371 e. The molecule has 1 unspecified atom stereocenters. The van der Waals surface area contributed by atoms with E-state index in [1.165, 1.54) is 42.0 Å². The number of hydrogen-bond acceptors (Lipinski definition) is 6. The monoisotopic (exact) mass is 557 g/mol. The molecule has 2 saturated heterocycles. The molecule has 6 rings (SSSR count). The van der Waals surface area contributed by atoms with Crippen LogP contribution in [0.4, 0.5) is 5.69 Å². The van der Waals surface area contributed by atoms with Gasteiger partial charge < -0.3 is 9.80 Å². The number of anilines is 1. The maximum Gasteiger partial charge on any atom is 0.225 e. The van der Waals surface area contributed by atoms with Gasteiger partial charge in [-0.05, 0) is 86.5 Å². The van der Waals surface area contributed by atoms with E-state index < -0.39 is 9.84 Å². The first-order valence-corrected chi connectivity index (χ1v) is 16.2. The van der Waals surface area contributed by atoms with Gasteiger partial charge in [-0.1, -0.05) is 43.2 Å². The van der Waals surface area contributed by atoms with Crippen molar-refractivity contribution in [2.45, 2.75) is 53.9 Å². The first-order chi connectivity index (χ1) is 19.4. The Morgan fingerprint density at radius 3 is 2.17 bits per heavy atom. The fourth-order valence-electron chi connectivity index (χ4n) is 7.47. The van der Waals surface area contributed by atoms with Crippen LogP contribution in [0, 0.1) is 29.1 Å². The molecular weight excluding hydrogens is 518 g/mol. The van der Waals surface area contributed by atoms with Crippen LogP contribution < -0.4 is 4.90 Å². The minimum absolute atomic E-state index is 0.0783. The average molecular weight is 558 g/mol. The summed E-state index contributed by atoms with van der Waals surface area (Å²) in [6.07, 6.45) is 8.67. The van der Waals surface area contributed by atoms with E-state index in [-0.39, 0.29) is 15.3 Å². The van der Waals surface area contributed by atoms with Crippen LogP contribution in [0.3, 0.4) is 0 Å². The summed E-state index contributed by atoms with van der Waals surface area (Å²) in [4.78, 5) is 5.20. The second-order valence-corrected chi connectivity index (χ2v) is 13.9. The normalized spacial score (nSPS) is 21.1. The van der Waals surface area contributed by atoms with Gasteiger partial charge in [0, 0.05) is 44.5 Å². The SMILES string of the molecule is Cn1ccc(S(=O)(=O)c2ccc(N3CC(CN4CCC(C(C#N)(c5ccccc5)C5CCCC5)CC4)C3)cc2)n1. The van der Waals surface area contributed by atoms with E-state index in [1.807, 2.05) is 12.1 Å². The van der Waals surface area contributed by atoms with Crippen molar-refractivity contribution in [3.63, 3.8) is 0 Å². The number of hydrogen-bond donors (Lipinski definition) is 0. The first kappa shape index (κ1) is 27.0. The van der Waals surface area contributed by atoms with Gasteiger partial charge in [-0.15, -0.1) is 0 Å². The van der Waals surface area contributed by atoms with Crippen LogP contribution >= 0.6 is 0 Å². The van der Waals surface area contributed by atoms with Crippen molar-refractivity contribution in [2.75, 3.05) is 37.6 Å². The summed E-state index contributed by atoms with van der Waals surface area (Å²) in [5.41, 5.74) is 1.94. The Bertz CT molecular complexity index is 1440. The molecule has 1 aromatic heterocycles. The second kappa shape index (κ2) is 11.0. The highest BCUT2D eigenvalue weighted by molar-refractivity contribution is 7.91. The van der Waals surface area contributed by atoms with E-state index in [0.29, 0.717) is 17.8 Å². The van der Waals surface area contributed by atoms with E-state index in [0.717, 1.165) is 51.3 Å². The van der Waals surface area contributed by atoms with Crippen molar-refractivity contribution in [3.8, 4) is 6.07 Å². The summed E-state index contributed by atoms with van der Waals surface area (Å²) in [6.45, 7) is 5.18. The fraction of sp³-hybridized carbons (Fsp3) is 0.500. The molecule has 1 saturated carbocycles. The lowest BCUT2D eigenvalue weighted by Crippen LogP contribution is -2.53.